The lowest BCUT2D eigenvalue weighted by molar-refractivity contribution is -0.136. The van der Waals surface area contributed by atoms with Gasteiger partial charge in [-0.1, -0.05) is 18.2 Å². The Morgan fingerprint density at radius 2 is 1.90 bits per heavy atom. The number of hydrogen-bond donors (Lipinski definition) is 3. The Balaban J connectivity index is 1.25. The maximum absolute atomic E-state index is 15.1. The maximum Gasteiger partial charge on any atom is 0.313 e. The Bertz CT molecular complexity index is 1520. The van der Waals surface area contributed by atoms with Gasteiger partial charge in [0.15, 0.2) is 23.1 Å². The second kappa shape index (κ2) is 13.5. The van der Waals surface area contributed by atoms with Crippen LogP contribution < -0.4 is 30.2 Å². The molecule has 42 heavy (non-hydrogen) atoms. The Kier molecular flexibility index (Phi) is 9.33. The second-order valence-corrected chi connectivity index (χ2v) is 10.4. The third-order valence-corrected chi connectivity index (χ3v) is 7.49. The largest absolute Gasteiger partial charge is 0.493 e. The summed E-state index contributed by atoms with van der Waals surface area (Å²) >= 11 is 0. The summed E-state index contributed by atoms with van der Waals surface area (Å²) in [5.41, 5.74) is 1.77. The molecule has 1 aliphatic carbocycles. The minimum Gasteiger partial charge on any atom is -0.493 e. The van der Waals surface area contributed by atoms with E-state index in [2.05, 4.69) is 20.9 Å². The monoisotopic (exact) mass is 574 g/mol. The lowest BCUT2D eigenvalue weighted by Gasteiger charge is -2.23. The molecule has 2 aliphatic rings. The van der Waals surface area contributed by atoms with Gasteiger partial charge in [-0.3, -0.25) is 14.6 Å². The zero-order valence-corrected chi connectivity index (χ0v) is 23.7. The highest BCUT2D eigenvalue weighted by molar-refractivity contribution is 6.39. The summed E-state index contributed by atoms with van der Waals surface area (Å²) in [5, 5.41) is 9.10. The number of aromatic nitrogens is 1. The number of allylic oxidation sites excluding steroid dienone is 3. The van der Waals surface area contributed by atoms with Crippen LogP contribution in [-0.2, 0) is 9.59 Å². The first-order valence-electron chi connectivity index (χ1n) is 14.2. The Labute approximate surface area is 244 Å². The summed E-state index contributed by atoms with van der Waals surface area (Å²) in [6, 6.07) is 8.88. The number of rotatable bonds is 9. The molecule has 1 saturated heterocycles. The number of ether oxygens (including phenoxy) is 3. The molecule has 5 rings (SSSR count). The summed E-state index contributed by atoms with van der Waals surface area (Å²) in [7, 11) is 1.56. The van der Waals surface area contributed by atoms with Gasteiger partial charge in [0.25, 0.3) is 0 Å². The fourth-order valence-electron chi connectivity index (χ4n) is 5.05. The average molecular weight is 575 g/mol. The van der Waals surface area contributed by atoms with Gasteiger partial charge < -0.3 is 30.2 Å². The minimum atomic E-state index is -0.882. The number of amides is 2. The van der Waals surface area contributed by atoms with Crippen molar-refractivity contribution < 1.29 is 28.2 Å². The highest BCUT2D eigenvalue weighted by Crippen LogP contribution is 2.38. The smallest absolute Gasteiger partial charge is 0.313 e. The summed E-state index contributed by atoms with van der Waals surface area (Å²) in [6.07, 6.45) is 11.3. The average Bonchev–Trinajstić information content (AvgIpc) is 3.01. The molecule has 3 N–H and O–H groups in total. The van der Waals surface area contributed by atoms with Crippen LogP contribution in [-0.4, -0.2) is 49.6 Å². The predicted octanol–water partition coefficient (Wildman–Crippen LogP) is 5.27. The van der Waals surface area contributed by atoms with Crippen molar-refractivity contribution in [3.05, 3.63) is 72.2 Å². The quantitative estimate of drug-likeness (QED) is 0.299. The molecule has 2 aromatic carbocycles. The molecule has 0 spiro atoms. The van der Waals surface area contributed by atoms with E-state index >= 15 is 4.39 Å². The fraction of sp³-hybridized carbons (Fsp3) is 0.344. The van der Waals surface area contributed by atoms with Gasteiger partial charge in [-0.2, -0.15) is 0 Å². The standard InChI is InChI=1S/C32H35FN4O5/c1-20(22-6-4-3-5-7-22)36-31(38)32(39)37-23-8-9-28(25(33)16-23)42-27-12-15-35-26-18-30(29(40-2)17-24(26)27)41-19-21-10-13-34-14-11-21/h3-4,6,8-9,12,15-18,20-21,34H,5,7,10-11,13-14,19H2,1-2H3,(H,36,38)(H,37,39)/t20-/m1/s1. The number of pyridine rings is 1. The van der Waals surface area contributed by atoms with E-state index in [-0.39, 0.29) is 17.5 Å². The van der Waals surface area contributed by atoms with Gasteiger partial charge in [0, 0.05) is 35.4 Å². The van der Waals surface area contributed by atoms with E-state index < -0.39 is 17.6 Å². The van der Waals surface area contributed by atoms with Crippen molar-refractivity contribution in [2.45, 2.75) is 38.6 Å². The summed E-state index contributed by atoms with van der Waals surface area (Å²) in [6.45, 7) is 4.38. The molecule has 3 aromatic rings. The molecule has 2 heterocycles. The molecule has 0 saturated carbocycles. The predicted molar refractivity (Wildman–Crippen MR) is 159 cm³/mol. The number of nitrogens with zero attached hydrogens (tertiary/aromatic N) is 1. The number of carbonyl (C=O) groups is 2. The number of methoxy groups -OCH3 is 1. The van der Waals surface area contributed by atoms with Gasteiger partial charge in [0.1, 0.15) is 5.75 Å². The number of hydrogen-bond acceptors (Lipinski definition) is 7. The molecular formula is C32H35FN4O5. The van der Waals surface area contributed by atoms with Crippen LogP contribution in [0.2, 0.25) is 0 Å². The number of benzene rings is 2. The van der Waals surface area contributed by atoms with Crippen LogP contribution >= 0.6 is 0 Å². The van der Waals surface area contributed by atoms with Gasteiger partial charge in [0.05, 0.1) is 19.2 Å². The summed E-state index contributed by atoms with van der Waals surface area (Å²) < 4.78 is 32.7. The Morgan fingerprint density at radius 1 is 1.07 bits per heavy atom. The number of piperidine rings is 1. The normalized spacial score (nSPS) is 15.9. The molecule has 0 unspecified atom stereocenters. The molecular weight excluding hydrogens is 539 g/mol. The van der Waals surface area contributed by atoms with Crippen molar-refractivity contribution >= 4 is 28.4 Å². The SMILES string of the molecule is COc1cc2c(Oc3ccc(NC(=O)C(=O)N[C@H](C)C4=CC=CCC4)cc3F)ccnc2cc1OCC1CCNCC1. The number of carbonyl (C=O) groups excluding carboxylic acids is 2. The Hall–Kier alpha value is -4.44. The third-order valence-electron chi connectivity index (χ3n) is 7.49. The summed E-state index contributed by atoms with van der Waals surface area (Å²) in [5.74, 6) is -0.483. The third kappa shape index (κ3) is 7.06. The van der Waals surface area contributed by atoms with Gasteiger partial charge in [-0.15, -0.1) is 0 Å². The molecule has 220 valence electrons. The second-order valence-electron chi connectivity index (χ2n) is 10.4. The van der Waals surface area contributed by atoms with Crippen molar-refractivity contribution in [2.75, 3.05) is 32.1 Å². The van der Waals surface area contributed by atoms with Crippen LogP contribution in [0.3, 0.4) is 0 Å². The Morgan fingerprint density at radius 3 is 2.64 bits per heavy atom. The zero-order chi connectivity index (χ0) is 29.5. The van der Waals surface area contributed by atoms with E-state index in [1.54, 1.807) is 31.5 Å². The molecule has 1 aromatic heterocycles. The van der Waals surface area contributed by atoms with E-state index in [0.29, 0.717) is 40.7 Å². The number of halogens is 1. The van der Waals surface area contributed by atoms with Crippen LogP contribution in [0, 0.1) is 11.7 Å². The van der Waals surface area contributed by atoms with E-state index in [1.165, 1.54) is 12.1 Å². The van der Waals surface area contributed by atoms with Crippen molar-refractivity contribution in [3.63, 3.8) is 0 Å². The molecule has 1 fully saturated rings. The van der Waals surface area contributed by atoms with Crippen LogP contribution in [0.25, 0.3) is 10.9 Å². The van der Waals surface area contributed by atoms with Gasteiger partial charge >= 0.3 is 11.8 Å². The van der Waals surface area contributed by atoms with Crippen molar-refractivity contribution in [1.82, 2.24) is 15.6 Å². The van der Waals surface area contributed by atoms with Crippen molar-refractivity contribution in [2.24, 2.45) is 5.92 Å². The van der Waals surface area contributed by atoms with Gasteiger partial charge in [0.2, 0.25) is 0 Å². The van der Waals surface area contributed by atoms with Crippen molar-refractivity contribution in [1.29, 1.82) is 0 Å². The molecule has 1 aliphatic heterocycles. The lowest BCUT2D eigenvalue weighted by atomic mass is 9.99. The lowest BCUT2D eigenvalue weighted by Crippen LogP contribution is -2.41. The zero-order valence-electron chi connectivity index (χ0n) is 23.7. The first kappa shape index (κ1) is 29.1. The molecule has 2 amide bonds. The highest BCUT2D eigenvalue weighted by atomic mass is 19.1. The molecule has 10 heteroatoms. The first-order chi connectivity index (χ1) is 20.4. The van der Waals surface area contributed by atoms with Crippen LogP contribution in [0.15, 0.2) is 66.4 Å². The van der Waals surface area contributed by atoms with Crippen LogP contribution in [0.5, 0.6) is 23.0 Å². The molecule has 0 bridgehead atoms. The van der Waals surface area contributed by atoms with E-state index in [1.807, 2.05) is 25.2 Å². The van der Waals surface area contributed by atoms with E-state index in [0.717, 1.165) is 50.4 Å². The van der Waals surface area contributed by atoms with E-state index in [9.17, 15) is 9.59 Å². The summed E-state index contributed by atoms with van der Waals surface area (Å²) in [4.78, 5) is 29.3. The fourth-order valence-corrected chi connectivity index (χ4v) is 5.05. The van der Waals surface area contributed by atoms with Crippen LogP contribution in [0.4, 0.5) is 10.1 Å². The van der Waals surface area contributed by atoms with Crippen LogP contribution in [0.1, 0.15) is 32.6 Å². The maximum atomic E-state index is 15.1. The highest BCUT2D eigenvalue weighted by Gasteiger charge is 2.20. The number of nitrogens with one attached hydrogen (secondary N) is 3. The number of anilines is 1. The van der Waals surface area contributed by atoms with E-state index in [4.69, 9.17) is 14.2 Å². The molecule has 1 atom stereocenters. The van der Waals surface area contributed by atoms with Crippen molar-refractivity contribution in [3.8, 4) is 23.0 Å². The van der Waals surface area contributed by atoms with Gasteiger partial charge in [-0.25, -0.2) is 4.39 Å². The topological polar surface area (TPSA) is 111 Å². The van der Waals surface area contributed by atoms with Gasteiger partial charge in [-0.05, 0) is 81.5 Å². The molecule has 9 nitrogen and oxygen atoms in total. The first-order valence-corrected chi connectivity index (χ1v) is 14.2. The number of fused-ring (bicyclic) bond motifs is 1. The minimum absolute atomic E-state index is 0.0546. The molecule has 0 radical (unpaired) electrons.